The highest BCUT2D eigenvalue weighted by Gasteiger charge is 2.21. The second-order valence-corrected chi connectivity index (χ2v) is 13.0. The minimum atomic E-state index is 0.214. The zero-order chi connectivity index (χ0) is 34.0. The first-order valence-electron chi connectivity index (χ1n) is 17.2. The topological polar surface area (TPSA) is 56.3 Å². The Morgan fingerprint density at radius 1 is 0.680 bits per heavy atom. The molecule has 2 aliphatic heterocycles. The van der Waals surface area contributed by atoms with Crippen LogP contribution in [-0.2, 0) is 6.42 Å². The summed E-state index contributed by atoms with van der Waals surface area (Å²) in [5, 5.41) is 0. The Kier molecular flexibility index (Phi) is 8.30. The molecule has 8 rings (SSSR count). The van der Waals surface area contributed by atoms with Crippen LogP contribution in [-0.4, -0.2) is 27.4 Å². The van der Waals surface area contributed by atoms with Gasteiger partial charge in [-0.3, -0.25) is 4.99 Å². The molecule has 4 nitrogen and oxygen atoms in total. The van der Waals surface area contributed by atoms with Crippen LogP contribution in [0.5, 0.6) is 0 Å². The summed E-state index contributed by atoms with van der Waals surface area (Å²) in [6.07, 6.45) is 19.6. The molecule has 3 aliphatic rings. The zero-order valence-corrected chi connectivity index (χ0v) is 28.5. The van der Waals surface area contributed by atoms with Crippen molar-refractivity contribution in [1.82, 2.24) is 9.97 Å². The molecule has 0 bridgehead atoms. The fourth-order valence-corrected chi connectivity index (χ4v) is 7.04. The van der Waals surface area contributed by atoms with Gasteiger partial charge in [0.1, 0.15) is 0 Å². The van der Waals surface area contributed by atoms with Crippen LogP contribution in [0.4, 0.5) is 0 Å². The molecule has 0 fully saturated rings. The molecule has 242 valence electrons. The van der Waals surface area contributed by atoms with Crippen molar-refractivity contribution < 1.29 is 0 Å². The number of benzene rings is 3. The van der Waals surface area contributed by atoms with Gasteiger partial charge in [-0.25, -0.2) is 4.99 Å². The lowest BCUT2D eigenvalue weighted by atomic mass is 9.97. The van der Waals surface area contributed by atoms with E-state index in [0.717, 1.165) is 62.9 Å². The third-order valence-electron chi connectivity index (χ3n) is 9.63. The first-order chi connectivity index (χ1) is 24.5. The molecule has 3 aromatic carbocycles. The highest BCUT2D eigenvalue weighted by atomic mass is 14.8. The smallest absolute Gasteiger partial charge is 0.0737 e. The van der Waals surface area contributed by atoms with E-state index >= 15 is 0 Å². The van der Waals surface area contributed by atoms with Gasteiger partial charge in [-0.2, -0.15) is 0 Å². The molecule has 1 aliphatic carbocycles. The maximum absolute atomic E-state index is 5.28. The molecular formula is C46H38N4. The van der Waals surface area contributed by atoms with E-state index < -0.39 is 0 Å². The van der Waals surface area contributed by atoms with E-state index in [-0.39, 0.29) is 6.04 Å². The van der Waals surface area contributed by atoms with Crippen LogP contribution >= 0.6 is 0 Å². The van der Waals surface area contributed by atoms with Gasteiger partial charge in [-0.05, 0) is 104 Å². The number of H-pyrrole nitrogens is 2. The molecular weight excluding hydrogens is 609 g/mol. The van der Waals surface area contributed by atoms with E-state index in [9.17, 15) is 0 Å². The minimum absolute atomic E-state index is 0.214. The number of hydrogen-bond acceptors (Lipinski definition) is 2. The number of allylic oxidation sites excluding steroid dienone is 9. The number of hydrogen-bond donors (Lipinski definition) is 2. The molecule has 0 saturated heterocycles. The van der Waals surface area contributed by atoms with Gasteiger partial charge in [0.05, 0.1) is 23.2 Å². The Balaban J connectivity index is 1.15. The first kappa shape index (κ1) is 31.1. The van der Waals surface area contributed by atoms with Crippen LogP contribution in [0.2, 0.25) is 0 Å². The zero-order valence-electron chi connectivity index (χ0n) is 28.5. The number of rotatable bonds is 8. The van der Waals surface area contributed by atoms with Gasteiger partial charge in [-0.1, -0.05) is 85.0 Å². The summed E-state index contributed by atoms with van der Waals surface area (Å²) in [6.45, 7) is 6.49. The lowest BCUT2D eigenvalue weighted by molar-refractivity contribution is 0.947. The van der Waals surface area contributed by atoms with Crippen molar-refractivity contribution >= 4 is 17.0 Å². The molecule has 0 radical (unpaired) electrons. The summed E-state index contributed by atoms with van der Waals surface area (Å²) >= 11 is 0. The van der Waals surface area contributed by atoms with Gasteiger partial charge < -0.3 is 9.97 Å². The Hall–Kier alpha value is -6.22. The summed E-state index contributed by atoms with van der Waals surface area (Å²) in [4.78, 5) is 17.5. The van der Waals surface area contributed by atoms with E-state index in [1.807, 2.05) is 18.2 Å². The summed E-state index contributed by atoms with van der Waals surface area (Å²) in [7, 11) is 0. The SMILES string of the molecule is Cc1c(C2=N/C(=C(/C3=CC=C=CC=C3)c3ccc(-c4cccc(C5=NC(C)C=C5)c4C)[nH]3)C=C2)cccc1-c1ccc(Cc2ccccc2)[nH]1. The Labute approximate surface area is 293 Å². The van der Waals surface area contributed by atoms with Crippen LogP contribution in [0.15, 0.2) is 173 Å². The van der Waals surface area contributed by atoms with Crippen LogP contribution in [0.25, 0.3) is 28.1 Å². The quantitative estimate of drug-likeness (QED) is 0.158. The highest BCUT2D eigenvalue weighted by Crippen LogP contribution is 2.36. The first-order valence-corrected chi connectivity index (χ1v) is 17.2. The fourth-order valence-electron chi connectivity index (χ4n) is 7.04. The van der Waals surface area contributed by atoms with Crippen LogP contribution < -0.4 is 0 Å². The molecule has 50 heavy (non-hydrogen) atoms. The summed E-state index contributed by atoms with van der Waals surface area (Å²) < 4.78 is 0. The monoisotopic (exact) mass is 646 g/mol. The number of nitrogens with one attached hydrogen (secondary N) is 2. The Bertz CT molecular complexity index is 2410. The minimum Gasteiger partial charge on any atom is -0.358 e. The molecule has 2 aromatic heterocycles. The molecule has 0 spiro atoms. The van der Waals surface area contributed by atoms with Crippen molar-refractivity contribution in [3.8, 4) is 22.5 Å². The molecule has 4 heterocycles. The summed E-state index contributed by atoms with van der Waals surface area (Å²) in [5.41, 5.74) is 20.9. The van der Waals surface area contributed by atoms with E-state index in [0.29, 0.717) is 0 Å². The second kappa shape index (κ2) is 13.4. The van der Waals surface area contributed by atoms with E-state index in [2.05, 4.69) is 164 Å². The van der Waals surface area contributed by atoms with Crippen molar-refractivity contribution in [2.24, 2.45) is 9.98 Å². The van der Waals surface area contributed by atoms with Gasteiger partial charge in [0.15, 0.2) is 0 Å². The summed E-state index contributed by atoms with van der Waals surface area (Å²) in [6, 6.07) is 32.4. The van der Waals surface area contributed by atoms with Crippen molar-refractivity contribution in [2.45, 2.75) is 33.2 Å². The lowest BCUT2D eigenvalue weighted by Gasteiger charge is -2.12. The largest absolute Gasteiger partial charge is 0.358 e. The Morgan fingerprint density at radius 3 is 2.16 bits per heavy atom. The fraction of sp³-hybridized carbons (Fsp3) is 0.109. The van der Waals surface area contributed by atoms with Gasteiger partial charge >= 0.3 is 0 Å². The van der Waals surface area contributed by atoms with Crippen molar-refractivity contribution in [2.75, 3.05) is 0 Å². The van der Waals surface area contributed by atoms with Gasteiger partial charge in [0.25, 0.3) is 0 Å². The van der Waals surface area contributed by atoms with Gasteiger partial charge in [0, 0.05) is 57.0 Å². The van der Waals surface area contributed by atoms with Crippen molar-refractivity contribution in [3.05, 3.63) is 202 Å². The predicted molar refractivity (Wildman–Crippen MR) is 209 cm³/mol. The third kappa shape index (κ3) is 6.09. The van der Waals surface area contributed by atoms with Gasteiger partial charge in [0.2, 0.25) is 0 Å². The van der Waals surface area contributed by atoms with E-state index in [4.69, 9.17) is 9.98 Å². The van der Waals surface area contributed by atoms with Crippen LogP contribution in [0.3, 0.4) is 0 Å². The third-order valence-corrected chi connectivity index (χ3v) is 9.63. The average molecular weight is 647 g/mol. The standard InChI is InChI=1S/C46H38N4/c1-30-21-23-40(47-30)36-17-11-19-38(31(36)2)42-25-27-44(49-42)46(34-15-9-4-5-10-16-34)45-28-26-43(50-45)39-20-12-18-37(32(39)3)41-24-22-35(48-41)29-33-13-7-6-8-14-33/h4,6-28,30,48-49H,29H2,1-3H3/b46-45-. The van der Waals surface area contributed by atoms with Crippen molar-refractivity contribution in [1.29, 1.82) is 0 Å². The number of nitrogens with zero attached hydrogens (tertiary/aromatic N) is 2. The predicted octanol–water partition coefficient (Wildman–Crippen LogP) is 10.6. The van der Waals surface area contributed by atoms with Crippen LogP contribution in [0, 0.1) is 13.8 Å². The molecule has 0 amide bonds. The molecule has 4 heteroatoms. The maximum Gasteiger partial charge on any atom is 0.0737 e. The van der Waals surface area contributed by atoms with E-state index in [1.165, 1.54) is 33.5 Å². The van der Waals surface area contributed by atoms with Gasteiger partial charge in [-0.15, -0.1) is 5.73 Å². The van der Waals surface area contributed by atoms with Crippen LogP contribution in [0.1, 0.15) is 46.1 Å². The molecule has 1 unspecified atom stereocenters. The second-order valence-electron chi connectivity index (χ2n) is 13.0. The normalized spacial score (nSPS) is 17.3. The molecule has 5 aromatic rings. The van der Waals surface area contributed by atoms with E-state index in [1.54, 1.807) is 0 Å². The Morgan fingerprint density at radius 2 is 1.40 bits per heavy atom. The average Bonchev–Trinajstić information content (AvgIpc) is 3.94. The lowest BCUT2D eigenvalue weighted by Crippen LogP contribution is -2.01. The number of aromatic nitrogens is 2. The summed E-state index contributed by atoms with van der Waals surface area (Å²) in [5.74, 6) is 0. The number of aromatic amines is 2. The molecule has 0 saturated carbocycles. The van der Waals surface area contributed by atoms with Crippen molar-refractivity contribution in [3.63, 3.8) is 0 Å². The molecule has 1 atom stereocenters. The molecule has 2 N–H and O–H groups in total. The number of aliphatic imine (C=N–C) groups is 2. The maximum atomic E-state index is 5.28. The highest BCUT2D eigenvalue weighted by molar-refractivity contribution is 6.14.